The summed E-state index contributed by atoms with van der Waals surface area (Å²) in [5.74, 6) is -0.511. The normalized spacial score (nSPS) is 15.1. The second-order valence-electron chi connectivity index (χ2n) is 9.82. The molecule has 5 aromatic rings. The molecule has 0 atom stereocenters. The fraction of sp³-hybridized carbons (Fsp3) is 0.250. The molecule has 1 fully saturated rings. The van der Waals surface area contributed by atoms with Gasteiger partial charge < -0.3 is 10.0 Å². The number of halogens is 1. The molecule has 3 aromatic heterocycles. The van der Waals surface area contributed by atoms with Crippen molar-refractivity contribution in [2.75, 3.05) is 13.1 Å². The van der Waals surface area contributed by atoms with Crippen LogP contribution in [0.4, 0.5) is 4.39 Å². The van der Waals surface area contributed by atoms with Crippen molar-refractivity contribution in [3.8, 4) is 5.69 Å². The first-order chi connectivity index (χ1) is 18.9. The number of aromatic nitrogens is 6. The molecule has 1 N–H and O–H groups in total. The number of aliphatic hydroxyl groups is 1. The molecule has 4 heterocycles. The summed E-state index contributed by atoms with van der Waals surface area (Å²) in [5, 5.41) is 20.2. The summed E-state index contributed by atoms with van der Waals surface area (Å²) in [7, 11) is 0. The lowest BCUT2D eigenvalue weighted by Gasteiger charge is -2.38. The Bertz CT molecular complexity index is 1680. The Morgan fingerprint density at radius 2 is 1.74 bits per heavy atom. The summed E-state index contributed by atoms with van der Waals surface area (Å²) in [6, 6.07) is 17.3. The van der Waals surface area contributed by atoms with E-state index in [-0.39, 0.29) is 23.8 Å². The topological polar surface area (TPSA) is 111 Å². The van der Waals surface area contributed by atoms with Gasteiger partial charge >= 0.3 is 0 Å². The van der Waals surface area contributed by atoms with Crippen molar-refractivity contribution in [1.82, 2.24) is 34.0 Å². The van der Waals surface area contributed by atoms with Crippen molar-refractivity contribution in [2.24, 2.45) is 0 Å². The van der Waals surface area contributed by atoms with Gasteiger partial charge in [0.15, 0.2) is 5.65 Å². The van der Waals surface area contributed by atoms with E-state index in [4.69, 9.17) is 0 Å². The number of carbonyl (C=O) groups excluding carboxylic acids is 1. The first kappa shape index (κ1) is 24.7. The molecule has 198 valence electrons. The first-order valence-corrected chi connectivity index (χ1v) is 12.7. The van der Waals surface area contributed by atoms with Crippen LogP contribution in [0.5, 0.6) is 0 Å². The van der Waals surface area contributed by atoms with Crippen LogP contribution in [-0.2, 0) is 13.1 Å². The fourth-order valence-electron chi connectivity index (χ4n) is 4.99. The molecule has 0 unspecified atom stereocenters. The van der Waals surface area contributed by atoms with Crippen molar-refractivity contribution in [2.45, 2.75) is 31.5 Å². The van der Waals surface area contributed by atoms with E-state index in [2.05, 4.69) is 15.2 Å². The number of hydrogen-bond donors (Lipinski definition) is 1. The molecule has 1 aliphatic rings. The third-order valence-electron chi connectivity index (χ3n) is 7.18. The Morgan fingerprint density at radius 3 is 2.49 bits per heavy atom. The lowest BCUT2D eigenvalue weighted by Crippen LogP contribution is -2.50. The van der Waals surface area contributed by atoms with Crippen molar-refractivity contribution < 1.29 is 14.3 Å². The highest BCUT2D eigenvalue weighted by Gasteiger charge is 2.35. The fourth-order valence-corrected chi connectivity index (χ4v) is 4.99. The Labute approximate surface area is 222 Å². The number of likely N-dealkylation sites (tertiary alicyclic amines) is 1. The molecule has 0 bridgehead atoms. The number of hydrogen-bond acceptors (Lipinski definition) is 6. The average Bonchev–Trinajstić information content (AvgIpc) is 3.59. The van der Waals surface area contributed by atoms with Crippen molar-refractivity contribution in [3.63, 3.8) is 0 Å². The van der Waals surface area contributed by atoms with Gasteiger partial charge in [-0.05, 0) is 48.7 Å². The number of benzene rings is 2. The molecule has 39 heavy (non-hydrogen) atoms. The van der Waals surface area contributed by atoms with E-state index >= 15 is 0 Å². The summed E-state index contributed by atoms with van der Waals surface area (Å²) < 4.78 is 17.8. The SMILES string of the molecule is O=C(c1ccnn1Cc1ccccc1)N1CCC(O)(Cn2cnc3c(cnn3-c3ccc(F)cc3)c2=O)CC1. The molecule has 1 amide bonds. The quantitative estimate of drug-likeness (QED) is 0.364. The van der Waals surface area contributed by atoms with Gasteiger partial charge in [-0.3, -0.25) is 18.8 Å². The maximum absolute atomic E-state index is 13.3. The highest BCUT2D eigenvalue weighted by molar-refractivity contribution is 5.92. The van der Waals surface area contributed by atoms with Crippen molar-refractivity contribution in [3.05, 3.63) is 107 Å². The second-order valence-corrected chi connectivity index (χ2v) is 9.82. The minimum Gasteiger partial charge on any atom is -0.388 e. The minimum absolute atomic E-state index is 0.0461. The molecule has 0 spiro atoms. The molecule has 0 radical (unpaired) electrons. The van der Waals surface area contributed by atoms with Crippen LogP contribution >= 0.6 is 0 Å². The number of nitrogens with zero attached hydrogens (tertiary/aromatic N) is 7. The van der Waals surface area contributed by atoms with Gasteiger partial charge in [0.2, 0.25) is 0 Å². The van der Waals surface area contributed by atoms with E-state index in [1.807, 2.05) is 30.3 Å². The molecule has 0 saturated carbocycles. The van der Waals surface area contributed by atoms with Crippen LogP contribution in [0.3, 0.4) is 0 Å². The molecule has 11 heteroatoms. The second kappa shape index (κ2) is 9.91. The van der Waals surface area contributed by atoms with Crippen LogP contribution in [0.1, 0.15) is 28.9 Å². The standard InChI is InChI=1S/C28H26FN7O3/c29-21-6-8-22(9-7-21)36-25-23(16-32-36)26(37)34(19-30-25)18-28(39)11-14-33(15-12-28)27(38)24-10-13-31-35(24)17-20-4-2-1-3-5-20/h1-10,13,16,19,39H,11-12,14-15,17-18H2. The molecule has 6 rings (SSSR count). The van der Waals surface area contributed by atoms with Gasteiger partial charge in [0, 0.05) is 19.3 Å². The predicted octanol–water partition coefficient (Wildman–Crippen LogP) is 2.63. The predicted molar refractivity (Wildman–Crippen MR) is 141 cm³/mol. The largest absolute Gasteiger partial charge is 0.388 e. The number of amides is 1. The van der Waals surface area contributed by atoms with Crippen molar-refractivity contribution in [1.29, 1.82) is 0 Å². The van der Waals surface area contributed by atoms with E-state index in [0.29, 0.717) is 54.9 Å². The summed E-state index contributed by atoms with van der Waals surface area (Å²) in [6.45, 7) is 1.23. The lowest BCUT2D eigenvalue weighted by atomic mass is 9.91. The number of piperidine rings is 1. The number of carbonyl (C=O) groups is 1. The first-order valence-electron chi connectivity index (χ1n) is 12.7. The zero-order chi connectivity index (χ0) is 27.0. The monoisotopic (exact) mass is 527 g/mol. The van der Waals surface area contributed by atoms with E-state index in [0.717, 1.165) is 5.56 Å². The van der Waals surface area contributed by atoms with Gasteiger partial charge in [0.05, 0.1) is 30.6 Å². The Hall–Kier alpha value is -4.64. The average molecular weight is 528 g/mol. The van der Waals surface area contributed by atoms with E-state index in [1.54, 1.807) is 34.0 Å². The molecule has 1 saturated heterocycles. The van der Waals surface area contributed by atoms with E-state index in [9.17, 15) is 19.1 Å². The number of rotatable bonds is 6. The zero-order valence-corrected chi connectivity index (χ0v) is 21.0. The van der Waals surface area contributed by atoms with Gasteiger partial charge in [-0.2, -0.15) is 10.2 Å². The molecular weight excluding hydrogens is 501 g/mol. The summed E-state index contributed by atoms with van der Waals surface area (Å²) >= 11 is 0. The van der Waals surface area contributed by atoms with Gasteiger partial charge in [-0.25, -0.2) is 14.1 Å². The maximum atomic E-state index is 13.3. The van der Waals surface area contributed by atoms with Crippen molar-refractivity contribution >= 4 is 16.9 Å². The van der Waals surface area contributed by atoms with Gasteiger partial charge in [-0.15, -0.1) is 0 Å². The molecule has 0 aliphatic carbocycles. The van der Waals surface area contributed by atoms with E-state index < -0.39 is 5.60 Å². The summed E-state index contributed by atoms with van der Waals surface area (Å²) in [6.07, 6.45) is 5.05. The van der Waals surface area contributed by atoms with Crippen LogP contribution in [0.25, 0.3) is 16.7 Å². The number of fused-ring (bicyclic) bond motifs is 1. The Morgan fingerprint density at radius 1 is 1.00 bits per heavy atom. The highest BCUT2D eigenvalue weighted by atomic mass is 19.1. The third-order valence-corrected chi connectivity index (χ3v) is 7.18. The smallest absolute Gasteiger partial charge is 0.272 e. The minimum atomic E-state index is -1.17. The maximum Gasteiger partial charge on any atom is 0.272 e. The van der Waals surface area contributed by atoms with Gasteiger partial charge in [0.1, 0.15) is 23.2 Å². The van der Waals surface area contributed by atoms with Crippen LogP contribution < -0.4 is 5.56 Å². The summed E-state index contributed by atoms with van der Waals surface area (Å²) in [4.78, 5) is 32.6. The van der Waals surface area contributed by atoms with E-state index in [1.165, 1.54) is 33.9 Å². The molecule has 10 nitrogen and oxygen atoms in total. The Balaban J connectivity index is 1.14. The van der Waals surface area contributed by atoms with Crippen LogP contribution in [0.2, 0.25) is 0 Å². The lowest BCUT2D eigenvalue weighted by molar-refractivity contribution is -0.0301. The summed E-state index contributed by atoms with van der Waals surface area (Å²) in [5.41, 5.74) is 0.966. The Kier molecular flexibility index (Phi) is 6.27. The zero-order valence-electron chi connectivity index (χ0n) is 21.0. The molecule has 1 aliphatic heterocycles. The molecular formula is C28H26FN7O3. The highest BCUT2D eigenvalue weighted by Crippen LogP contribution is 2.25. The third kappa shape index (κ3) is 4.84. The van der Waals surface area contributed by atoms with Crippen LogP contribution in [0, 0.1) is 5.82 Å². The van der Waals surface area contributed by atoms with Gasteiger partial charge in [-0.1, -0.05) is 30.3 Å². The van der Waals surface area contributed by atoms with Crippen LogP contribution in [-0.4, -0.2) is 63.7 Å². The molecule has 2 aromatic carbocycles. The van der Waals surface area contributed by atoms with Crippen LogP contribution in [0.15, 0.2) is 84.2 Å². The van der Waals surface area contributed by atoms with Gasteiger partial charge in [0.25, 0.3) is 11.5 Å².